The molecule has 0 amide bonds. The Labute approximate surface area is 119 Å². The number of hydrogen-bond acceptors (Lipinski definition) is 5. The Morgan fingerprint density at radius 2 is 2.28 bits per heavy atom. The number of ether oxygens (including phenoxy) is 1. The van der Waals surface area contributed by atoms with Crippen molar-refractivity contribution in [2.75, 3.05) is 29.6 Å². The largest absolute Gasteiger partial charge is 0.375 e. The molecule has 1 spiro atoms. The zero-order valence-corrected chi connectivity index (χ0v) is 13.0. The topological polar surface area (TPSA) is 47.3 Å². The van der Waals surface area contributed by atoms with Gasteiger partial charge < -0.3 is 4.74 Å². The van der Waals surface area contributed by atoms with Crippen LogP contribution in [0.5, 0.6) is 0 Å². The van der Waals surface area contributed by atoms with E-state index in [1.54, 1.807) is 0 Å². The molecule has 0 bridgehead atoms. The number of thioether (sulfide) groups is 2. The normalized spacial score (nSPS) is 29.3. The Balaban J connectivity index is 1.91. The molecular formula is C13H26N2OS2. The molecule has 0 saturated carbocycles. The van der Waals surface area contributed by atoms with Crippen molar-refractivity contribution in [1.82, 2.24) is 5.43 Å². The smallest absolute Gasteiger partial charge is 0.0701 e. The molecule has 0 aromatic rings. The van der Waals surface area contributed by atoms with Crippen molar-refractivity contribution in [3.8, 4) is 0 Å². The summed E-state index contributed by atoms with van der Waals surface area (Å²) in [6.45, 7) is 3.13. The Kier molecular flexibility index (Phi) is 6.15. The van der Waals surface area contributed by atoms with Gasteiger partial charge in [0.2, 0.25) is 0 Å². The summed E-state index contributed by atoms with van der Waals surface area (Å²) in [6.07, 6.45) is 4.82. The highest BCUT2D eigenvalue weighted by Gasteiger charge is 2.40. The van der Waals surface area contributed by atoms with Crippen LogP contribution in [0.2, 0.25) is 0 Å². The molecule has 3 nitrogen and oxygen atoms in total. The lowest BCUT2D eigenvalue weighted by Crippen LogP contribution is -2.51. The van der Waals surface area contributed by atoms with E-state index in [2.05, 4.69) is 24.1 Å². The van der Waals surface area contributed by atoms with Crippen LogP contribution in [0.3, 0.4) is 0 Å². The number of nitrogens with two attached hydrogens (primary N) is 1. The third kappa shape index (κ3) is 3.79. The molecule has 106 valence electrons. The third-order valence-corrected chi connectivity index (χ3v) is 6.21. The van der Waals surface area contributed by atoms with Crippen LogP contribution in [0.25, 0.3) is 0 Å². The Morgan fingerprint density at radius 3 is 2.94 bits per heavy atom. The first-order valence-electron chi connectivity index (χ1n) is 7.05. The number of rotatable bonds is 5. The van der Waals surface area contributed by atoms with Crippen LogP contribution in [0, 0.1) is 5.92 Å². The van der Waals surface area contributed by atoms with E-state index < -0.39 is 0 Å². The molecule has 2 heterocycles. The van der Waals surface area contributed by atoms with Crippen LogP contribution < -0.4 is 11.3 Å². The monoisotopic (exact) mass is 290 g/mol. The molecule has 2 saturated heterocycles. The lowest BCUT2D eigenvalue weighted by molar-refractivity contribution is -0.106. The fourth-order valence-corrected chi connectivity index (χ4v) is 5.16. The Hall–Kier alpha value is 0.580. The van der Waals surface area contributed by atoms with E-state index in [0.29, 0.717) is 12.0 Å². The van der Waals surface area contributed by atoms with Crippen molar-refractivity contribution >= 4 is 23.5 Å². The molecule has 0 aromatic carbocycles. The van der Waals surface area contributed by atoms with E-state index in [9.17, 15) is 0 Å². The molecule has 0 aromatic heterocycles. The standard InChI is InChI=1S/C13H26N2OS2/c1-2-17-10-12(15-14)11-3-6-16-13(9-11)4-7-18-8-5-13/h11-12,15H,2-10,14H2,1H3. The van der Waals surface area contributed by atoms with Crippen molar-refractivity contribution in [2.45, 2.75) is 44.2 Å². The number of nitrogens with one attached hydrogen (secondary N) is 1. The summed E-state index contributed by atoms with van der Waals surface area (Å²) in [5, 5.41) is 0. The predicted octanol–water partition coefficient (Wildman–Crippen LogP) is 2.26. The minimum atomic E-state index is 0.181. The van der Waals surface area contributed by atoms with Gasteiger partial charge in [-0.05, 0) is 48.9 Å². The Bertz CT molecular complexity index is 242. The van der Waals surface area contributed by atoms with Gasteiger partial charge in [0.15, 0.2) is 0 Å². The summed E-state index contributed by atoms with van der Waals surface area (Å²) in [6, 6.07) is 0.449. The molecule has 2 unspecified atom stereocenters. The van der Waals surface area contributed by atoms with Crippen LogP contribution in [0.4, 0.5) is 0 Å². The van der Waals surface area contributed by atoms with Crippen molar-refractivity contribution in [3.05, 3.63) is 0 Å². The highest BCUT2D eigenvalue weighted by molar-refractivity contribution is 7.99. The van der Waals surface area contributed by atoms with Gasteiger partial charge in [-0.1, -0.05) is 6.92 Å². The van der Waals surface area contributed by atoms with Gasteiger partial charge >= 0.3 is 0 Å². The fourth-order valence-electron chi connectivity index (χ4n) is 3.07. The summed E-state index contributed by atoms with van der Waals surface area (Å²) in [5.74, 6) is 11.3. The average Bonchev–Trinajstić information content (AvgIpc) is 2.41. The lowest BCUT2D eigenvalue weighted by atomic mass is 9.79. The maximum absolute atomic E-state index is 6.15. The Morgan fingerprint density at radius 1 is 1.50 bits per heavy atom. The molecule has 18 heavy (non-hydrogen) atoms. The third-order valence-electron chi connectivity index (χ3n) is 4.22. The highest BCUT2D eigenvalue weighted by Crippen LogP contribution is 2.40. The molecule has 5 heteroatoms. The van der Waals surface area contributed by atoms with E-state index >= 15 is 0 Å². The molecule has 0 aliphatic carbocycles. The molecular weight excluding hydrogens is 264 g/mol. The van der Waals surface area contributed by atoms with Gasteiger partial charge in [0.1, 0.15) is 0 Å². The van der Waals surface area contributed by atoms with Crippen LogP contribution in [0.1, 0.15) is 32.6 Å². The van der Waals surface area contributed by atoms with Gasteiger partial charge in [-0.2, -0.15) is 23.5 Å². The highest BCUT2D eigenvalue weighted by atomic mass is 32.2. The maximum Gasteiger partial charge on any atom is 0.0701 e. The van der Waals surface area contributed by atoms with E-state index in [0.717, 1.165) is 18.8 Å². The van der Waals surface area contributed by atoms with Crippen molar-refractivity contribution in [2.24, 2.45) is 11.8 Å². The second-order valence-corrected chi connectivity index (χ2v) is 7.87. The van der Waals surface area contributed by atoms with Crippen molar-refractivity contribution in [1.29, 1.82) is 0 Å². The van der Waals surface area contributed by atoms with E-state index in [1.165, 1.54) is 36.5 Å². The molecule has 2 atom stereocenters. The van der Waals surface area contributed by atoms with E-state index in [4.69, 9.17) is 10.6 Å². The summed E-state index contributed by atoms with van der Waals surface area (Å²) in [5.41, 5.74) is 3.23. The number of hydrogen-bond donors (Lipinski definition) is 2. The van der Waals surface area contributed by atoms with E-state index in [1.807, 2.05) is 11.8 Å². The van der Waals surface area contributed by atoms with Crippen molar-refractivity contribution in [3.63, 3.8) is 0 Å². The molecule has 2 aliphatic heterocycles. The lowest BCUT2D eigenvalue weighted by Gasteiger charge is -2.45. The molecule has 2 aliphatic rings. The summed E-state index contributed by atoms with van der Waals surface area (Å²) in [4.78, 5) is 0. The van der Waals surface area contributed by atoms with Gasteiger partial charge in [-0.25, -0.2) is 0 Å². The summed E-state index contributed by atoms with van der Waals surface area (Å²) in [7, 11) is 0. The van der Waals surface area contributed by atoms with Crippen LogP contribution in [0.15, 0.2) is 0 Å². The first kappa shape index (κ1) is 15.0. The second-order valence-electron chi connectivity index (χ2n) is 5.33. The van der Waals surface area contributed by atoms with Crippen LogP contribution >= 0.6 is 23.5 Å². The van der Waals surface area contributed by atoms with E-state index in [-0.39, 0.29) is 5.60 Å². The first-order chi connectivity index (χ1) is 8.79. The van der Waals surface area contributed by atoms with Gasteiger partial charge in [-0.3, -0.25) is 11.3 Å². The maximum atomic E-state index is 6.15. The second kappa shape index (κ2) is 7.39. The average molecular weight is 290 g/mol. The van der Waals surface area contributed by atoms with Gasteiger partial charge in [0.05, 0.1) is 5.60 Å². The zero-order chi connectivity index (χ0) is 12.8. The molecule has 3 N–H and O–H groups in total. The van der Waals surface area contributed by atoms with Crippen LogP contribution in [-0.4, -0.2) is 41.3 Å². The minimum absolute atomic E-state index is 0.181. The van der Waals surface area contributed by atoms with Gasteiger partial charge in [-0.15, -0.1) is 0 Å². The predicted molar refractivity (Wildman–Crippen MR) is 82.1 cm³/mol. The molecule has 0 radical (unpaired) electrons. The van der Waals surface area contributed by atoms with Crippen LogP contribution in [-0.2, 0) is 4.74 Å². The van der Waals surface area contributed by atoms with Crippen molar-refractivity contribution < 1.29 is 4.74 Å². The molecule has 2 rings (SSSR count). The van der Waals surface area contributed by atoms with Gasteiger partial charge in [0.25, 0.3) is 0 Å². The first-order valence-corrected chi connectivity index (χ1v) is 9.36. The zero-order valence-electron chi connectivity index (χ0n) is 11.3. The number of hydrazine groups is 1. The quantitative estimate of drug-likeness (QED) is 0.601. The van der Waals surface area contributed by atoms with Gasteiger partial charge in [0, 0.05) is 18.4 Å². The SMILES string of the molecule is CCSCC(NN)C1CCOC2(CCSCC2)C1. The fraction of sp³-hybridized carbons (Fsp3) is 1.00. The summed E-state index contributed by atoms with van der Waals surface area (Å²) < 4.78 is 6.15. The summed E-state index contributed by atoms with van der Waals surface area (Å²) >= 11 is 4.05. The minimum Gasteiger partial charge on any atom is -0.375 e. The molecule has 2 fully saturated rings.